The van der Waals surface area contributed by atoms with Gasteiger partial charge in [0, 0.05) is 16.8 Å². The third-order valence-corrected chi connectivity index (χ3v) is 8.74. The molecule has 206 valence electrons. The first kappa shape index (κ1) is 29.0. The standard InChI is InChI=1S/C28H31BrN4O4S2/c1-27(2,3)19-13-16(14-20(25(19)34)28(4,5)6)31-26(35)21-15-22(23-11-12-24(29)38-23)33(32-21)17-7-9-18(10-8-17)39(30,36)37/h7-15,34H,1-6H3,(H,31,35)(H2,30,36,37). The highest BCUT2D eigenvalue weighted by Gasteiger charge is 2.27. The lowest BCUT2D eigenvalue weighted by molar-refractivity contribution is 0.102. The topological polar surface area (TPSA) is 127 Å². The molecule has 4 rings (SSSR count). The molecule has 0 fully saturated rings. The van der Waals surface area contributed by atoms with E-state index < -0.39 is 15.9 Å². The third-order valence-electron chi connectivity index (χ3n) is 6.16. The smallest absolute Gasteiger partial charge is 0.276 e. The van der Waals surface area contributed by atoms with E-state index in [1.807, 2.05) is 53.7 Å². The first-order valence-electron chi connectivity index (χ1n) is 12.1. The maximum absolute atomic E-state index is 13.5. The van der Waals surface area contributed by atoms with Crippen molar-refractivity contribution in [3.8, 4) is 22.0 Å². The van der Waals surface area contributed by atoms with Crippen LogP contribution in [-0.2, 0) is 20.9 Å². The van der Waals surface area contributed by atoms with Crippen LogP contribution in [0.25, 0.3) is 16.3 Å². The van der Waals surface area contributed by atoms with Crippen LogP contribution in [0.5, 0.6) is 5.75 Å². The Kier molecular flexibility index (Phi) is 7.59. The molecule has 0 aliphatic rings. The molecule has 2 heterocycles. The fourth-order valence-electron chi connectivity index (χ4n) is 4.14. The molecule has 0 bridgehead atoms. The number of amides is 1. The Morgan fingerprint density at radius 3 is 2.00 bits per heavy atom. The van der Waals surface area contributed by atoms with Crippen LogP contribution in [0.3, 0.4) is 0 Å². The molecule has 0 saturated heterocycles. The minimum Gasteiger partial charge on any atom is -0.507 e. The Bertz CT molecular complexity index is 1620. The molecule has 4 aromatic rings. The molecule has 2 aromatic carbocycles. The van der Waals surface area contributed by atoms with Crippen molar-refractivity contribution >= 4 is 48.9 Å². The summed E-state index contributed by atoms with van der Waals surface area (Å²) in [6, 6.07) is 15.1. The predicted molar refractivity (Wildman–Crippen MR) is 159 cm³/mol. The maximum atomic E-state index is 13.5. The SMILES string of the molecule is CC(C)(C)c1cc(NC(=O)c2cc(-c3ccc(Br)s3)n(-c3ccc(S(N)(=O)=O)cc3)n2)cc(C(C)(C)C)c1O. The zero-order valence-corrected chi connectivity index (χ0v) is 25.8. The number of primary sulfonamides is 1. The number of benzene rings is 2. The van der Waals surface area contributed by atoms with Gasteiger partial charge in [-0.3, -0.25) is 4.79 Å². The summed E-state index contributed by atoms with van der Waals surface area (Å²) in [5.41, 5.74) is 2.72. The number of nitrogens with two attached hydrogens (primary N) is 1. The number of nitrogens with zero attached hydrogens (tertiary/aromatic N) is 2. The number of thiophene rings is 1. The van der Waals surface area contributed by atoms with Crippen LogP contribution in [-0.4, -0.2) is 29.2 Å². The van der Waals surface area contributed by atoms with Crippen molar-refractivity contribution in [3.63, 3.8) is 0 Å². The second-order valence-corrected chi connectivity index (χ2v) is 15.4. The van der Waals surface area contributed by atoms with Gasteiger partial charge in [-0.1, -0.05) is 41.5 Å². The second kappa shape index (κ2) is 10.2. The average Bonchev–Trinajstić information content (AvgIpc) is 3.44. The number of aromatic nitrogens is 2. The normalized spacial score (nSPS) is 12.5. The van der Waals surface area contributed by atoms with Crippen LogP contribution in [0.1, 0.15) is 63.2 Å². The van der Waals surface area contributed by atoms with Crippen LogP contribution in [0.2, 0.25) is 0 Å². The van der Waals surface area contributed by atoms with Gasteiger partial charge < -0.3 is 10.4 Å². The Labute approximate surface area is 241 Å². The Hall–Kier alpha value is -2.99. The van der Waals surface area contributed by atoms with E-state index in [4.69, 9.17) is 5.14 Å². The molecule has 2 aromatic heterocycles. The maximum Gasteiger partial charge on any atom is 0.276 e. The summed E-state index contributed by atoms with van der Waals surface area (Å²) in [6.45, 7) is 12.0. The van der Waals surface area contributed by atoms with Crippen molar-refractivity contribution in [2.75, 3.05) is 5.32 Å². The second-order valence-electron chi connectivity index (χ2n) is 11.3. The summed E-state index contributed by atoms with van der Waals surface area (Å²) >= 11 is 4.96. The molecular formula is C28H31BrN4O4S2. The lowest BCUT2D eigenvalue weighted by Gasteiger charge is -2.28. The number of hydrogen-bond donors (Lipinski definition) is 3. The van der Waals surface area contributed by atoms with Crippen molar-refractivity contribution in [1.82, 2.24) is 9.78 Å². The van der Waals surface area contributed by atoms with Crippen LogP contribution in [0.4, 0.5) is 5.69 Å². The van der Waals surface area contributed by atoms with Crippen LogP contribution < -0.4 is 10.5 Å². The number of carbonyl (C=O) groups excluding carboxylic acids is 1. The fraction of sp³-hybridized carbons (Fsp3) is 0.286. The van der Waals surface area contributed by atoms with Gasteiger partial charge in [0.1, 0.15) is 5.75 Å². The summed E-state index contributed by atoms with van der Waals surface area (Å²) in [6.07, 6.45) is 0. The Morgan fingerprint density at radius 1 is 0.974 bits per heavy atom. The minimum atomic E-state index is -3.85. The molecule has 0 unspecified atom stereocenters. The van der Waals surface area contributed by atoms with Crippen molar-refractivity contribution in [2.45, 2.75) is 57.3 Å². The number of nitrogens with one attached hydrogen (secondary N) is 1. The highest BCUT2D eigenvalue weighted by Crippen LogP contribution is 2.41. The molecule has 0 spiro atoms. The molecule has 8 nitrogen and oxygen atoms in total. The highest BCUT2D eigenvalue weighted by atomic mass is 79.9. The number of phenolic OH excluding ortho intramolecular Hbond substituents is 1. The summed E-state index contributed by atoms with van der Waals surface area (Å²) in [7, 11) is -3.85. The van der Waals surface area contributed by atoms with Gasteiger partial charge in [0.05, 0.1) is 24.9 Å². The van der Waals surface area contributed by atoms with Crippen LogP contribution >= 0.6 is 27.3 Å². The van der Waals surface area contributed by atoms with Crippen molar-refractivity contribution in [3.05, 3.63) is 75.2 Å². The van der Waals surface area contributed by atoms with Gasteiger partial charge in [0.25, 0.3) is 5.91 Å². The summed E-state index contributed by atoms with van der Waals surface area (Å²) in [4.78, 5) is 14.3. The van der Waals surface area contributed by atoms with Crippen LogP contribution in [0, 0.1) is 0 Å². The predicted octanol–water partition coefficient (Wildman–Crippen LogP) is 6.56. The number of rotatable bonds is 5. The van der Waals surface area contributed by atoms with Gasteiger partial charge in [0.2, 0.25) is 10.0 Å². The monoisotopic (exact) mass is 630 g/mol. The molecule has 11 heteroatoms. The number of halogens is 1. The minimum absolute atomic E-state index is 0.0200. The summed E-state index contributed by atoms with van der Waals surface area (Å²) in [5, 5.41) is 23.8. The van der Waals surface area contributed by atoms with Gasteiger partial charge >= 0.3 is 0 Å². The van der Waals surface area contributed by atoms with E-state index in [1.54, 1.807) is 35.0 Å². The number of sulfonamides is 1. The molecular weight excluding hydrogens is 600 g/mol. The quantitative estimate of drug-likeness (QED) is 0.215. The average molecular weight is 632 g/mol. The van der Waals surface area contributed by atoms with Gasteiger partial charge in [-0.05, 0) is 81.4 Å². The molecule has 0 saturated carbocycles. The van der Waals surface area contributed by atoms with Gasteiger partial charge in [0.15, 0.2) is 5.69 Å². The Balaban J connectivity index is 1.78. The van der Waals surface area contributed by atoms with E-state index in [2.05, 4.69) is 26.3 Å². The number of anilines is 1. The zero-order valence-electron chi connectivity index (χ0n) is 22.5. The molecule has 1 amide bonds. The summed E-state index contributed by atoms with van der Waals surface area (Å²) < 4.78 is 25.9. The van der Waals surface area contributed by atoms with Gasteiger partial charge in [-0.2, -0.15) is 5.10 Å². The number of aromatic hydroxyl groups is 1. The lowest BCUT2D eigenvalue weighted by Crippen LogP contribution is -2.19. The van der Waals surface area contributed by atoms with Crippen molar-refractivity contribution in [1.29, 1.82) is 0 Å². The van der Waals surface area contributed by atoms with E-state index in [0.29, 0.717) is 17.1 Å². The summed E-state index contributed by atoms with van der Waals surface area (Å²) in [5.74, 6) is -0.192. The molecule has 0 aliphatic heterocycles. The van der Waals surface area contributed by atoms with Crippen molar-refractivity contribution in [2.24, 2.45) is 5.14 Å². The number of hydrogen-bond acceptors (Lipinski definition) is 6. The lowest BCUT2D eigenvalue weighted by atomic mass is 9.79. The van der Waals surface area contributed by atoms with E-state index in [9.17, 15) is 18.3 Å². The van der Waals surface area contributed by atoms with Gasteiger partial charge in [-0.25, -0.2) is 18.2 Å². The zero-order chi connectivity index (χ0) is 28.9. The molecule has 0 aliphatic carbocycles. The largest absolute Gasteiger partial charge is 0.507 e. The first-order valence-corrected chi connectivity index (χ1v) is 15.3. The molecule has 0 atom stereocenters. The molecule has 39 heavy (non-hydrogen) atoms. The van der Waals surface area contributed by atoms with E-state index in [0.717, 1.165) is 19.8 Å². The fourth-order valence-corrected chi connectivity index (χ4v) is 6.04. The molecule has 0 radical (unpaired) electrons. The van der Waals surface area contributed by atoms with Gasteiger partial charge in [-0.15, -0.1) is 11.3 Å². The highest BCUT2D eigenvalue weighted by molar-refractivity contribution is 9.11. The third kappa shape index (κ3) is 6.27. The van der Waals surface area contributed by atoms with E-state index in [-0.39, 0.29) is 27.2 Å². The van der Waals surface area contributed by atoms with Crippen molar-refractivity contribution < 1.29 is 18.3 Å². The van der Waals surface area contributed by atoms with E-state index in [1.165, 1.54) is 23.5 Å². The number of phenols is 1. The molecule has 4 N–H and O–H groups in total. The first-order chi connectivity index (χ1) is 17.9. The Morgan fingerprint density at radius 2 is 1.54 bits per heavy atom. The van der Waals surface area contributed by atoms with Crippen LogP contribution in [0.15, 0.2) is 63.3 Å². The number of carbonyl (C=O) groups is 1. The van der Waals surface area contributed by atoms with E-state index >= 15 is 0 Å².